The van der Waals surface area contributed by atoms with Crippen LogP contribution in [-0.4, -0.2) is 146 Å². The van der Waals surface area contributed by atoms with Crippen molar-refractivity contribution in [3.05, 3.63) is 101 Å². The first-order valence-electron chi connectivity index (χ1n) is 25.1. The van der Waals surface area contributed by atoms with Crippen molar-refractivity contribution in [2.45, 2.75) is 78.7 Å². The van der Waals surface area contributed by atoms with Crippen molar-refractivity contribution in [1.82, 2.24) is 49.5 Å². The zero-order valence-corrected chi connectivity index (χ0v) is 45.8. The molecular weight excluding hydrogens is 991 g/mol. The molecule has 0 radical (unpaired) electrons. The number of methoxy groups -OCH3 is 2. The molecule has 9 heterocycles. The number of aryl methyl sites for hydroxylation is 4. The predicted octanol–water partition coefficient (Wildman–Crippen LogP) is 7.66. The lowest BCUT2D eigenvalue weighted by Crippen LogP contribution is -2.44. The third-order valence-corrected chi connectivity index (χ3v) is 14.6. The fraction of sp³-hybridized carbons (Fsp3) is 0.407. The van der Waals surface area contributed by atoms with Gasteiger partial charge in [-0.1, -0.05) is 0 Å². The lowest BCUT2D eigenvalue weighted by molar-refractivity contribution is 0.00578. The largest absolute Gasteiger partial charge is 0.495 e. The van der Waals surface area contributed by atoms with E-state index in [0.29, 0.717) is 43.4 Å². The molecule has 3 aliphatic rings. The van der Waals surface area contributed by atoms with Gasteiger partial charge in [-0.25, -0.2) is 29.5 Å². The maximum Gasteiger partial charge on any atom is 0.495 e. The van der Waals surface area contributed by atoms with E-state index >= 15 is 0 Å². The second-order valence-electron chi connectivity index (χ2n) is 20.2. The topological polar surface area (TPSA) is 215 Å². The summed E-state index contributed by atoms with van der Waals surface area (Å²) in [5.74, 6) is 1.40. The molecule has 2 atom stereocenters. The van der Waals surface area contributed by atoms with Gasteiger partial charge < -0.3 is 48.0 Å². The number of carbonyl (C=O) groups excluding carboxylic acids is 2. The summed E-state index contributed by atoms with van der Waals surface area (Å²) in [6, 6.07) is 15.5. The molecule has 11 rings (SSSR count). The standard InChI is InChI=1S/C24H26N6O3.C16H20BNO4.C14H18ClN5O/c1-14-12-26-29(3)22(14)20-11-21(30-7-8-33-13-15(30)2)28-23(27-20)18-9-16(24(31)32-4)10-19-17(18)5-6-25-19;1-15(2)16(3,4)22-17(21-15)12-8-10(14(19)20-5)9-13-11(12)6-7-18-13;1-9-7-16-19(3)13(9)11-6-12(18-14(15)17-11)20-4-5-21-8-10(20)2/h5-6,9-12,15,25H,7-8,13H2,1-4H3;6-9,18H,1-5H3;6-7,10H,4-5,8H2,1-3H3/t15-;;10-/m1.1/s1. The number of benzene rings is 2. The molecule has 2 N–H and O–H groups in total. The number of anilines is 2. The molecule has 3 fully saturated rings. The number of morpholine rings is 2. The van der Waals surface area contributed by atoms with Crippen molar-refractivity contribution in [2.24, 2.45) is 14.1 Å². The summed E-state index contributed by atoms with van der Waals surface area (Å²) < 4.78 is 36.8. The van der Waals surface area contributed by atoms with Gasteiger partial charge in [-0.2, -0.15) is 10.2 Å². The molecule has 0 saturated carbocycles. The van der Waals surface area contributed by atoms with Crippen LogP contribution in [0.1, 0.15) is 73.4 Å². The number of halogens is 1. The molecule has 8 aromatic rings. The molecule has 398 valence electrons. The first kappa shape index (κ1) is 53.7. The summed E-state index contributed by atoms with van der Waals surface area (Å²) in [5, 5.41) is 10.8. The van der Waals surface area contributed by atoms with Gasteiger partial charge in [0.2, 0.25) is 5.28 Å². The average Bonchev–Trinajstić information content (AvgIpc) is 4.25. The average molecular weight is 1060 g/mol. The summed E-state index contributed by atoms with van der Waals surface area (Å²) in [4.78, 5) is 53.6. The van der Waals surface area contributed by atoms with Gasteiger partial charge in [-0.15, -0.1) is 0 Å². The number of ether oxygens (including phenoxy) is 4. The summed E-state index contributed by atoms with van der Waals surface area (Å²) in [6.45, 7) is 20.5. The number of nitrogens with zero attached hydrogens (tertiary/aromatic N) is 10. The molecule has 20 nitrogen and oxygen atoms in total. The van der Waals surface area contributed by atoms with Gasteiger partial charge in [0, 0.05) is 73.7 Å². The first-order valence-corrected chi connectivity index (χ1v) is 25.5. The Morgan fingerprint density at radius 1 is 0.684 bits per heavy atom. The Hall–Kier alpha value is -7.17. The van der Waals surface area contributed by atoms with Gasteiger partial charge in [0.15, 0.2) is 5.82 Å². The molecule has 3 aliphatic heterocycles. The van der Waals surface area contributed by atoms with E-state index in [1.165, 1.54) is 14.2 Å². The highest BCUT2D eigenvalue weighted by Crippen LogP contribution is 2.38. The minimum atomic E-state index is -0.520. The summed E-state index contributed by atoms with van der Waals surface area (Å²) in [7, 11) is 6.03. The van der Waals surface area contributed by atoms with Crippen molar-refractivity contribution in [3.63, 3.8) is 0 Å². The summed E-state index contributed by atoms with van der Waals surface area (Å²) in [5.41, 5.74) is 8.87. The van der Waals surface area contributed by atoms with E-state index in [0.717, 1.165) is 91.5 Å². The number of carbonyl (C=O) groups is 2. The highest BCUT2D eigenvalue weighted by Gasteiger charge is 2.52. The molecule has 22 heteroatoms. The van der Waals surface area contributed by atoms with Crippen LogP contribution < -0.4 is 15.3 Å². The molecular formula is C54H64BClN12O8. The second-order valence-corrected chi connectivity index (χ2v) is 20.5. The van der Waals surface area contributed by atoms with Gasteiger partial charge in [-0.3, -0.25) is 9.36 Å². The second kappa shape index (κ2) is 21.8. The lowest BCUT2D eigenvalue weighted by Gasteiger charge is -2.34. The van der Waals surface area contributed by atoms with Gasteiger partial charge >= 0.3 is 19.1 Å². The Balaban J connectivity index is 0.000000145. The van der Waals surface area contributed by atoms with Gasteiger partial charge in [-0.05, 0) is 125 Å². The lowest BCUT2D eigenvalue weighted by atomic mass is 9.76. The molecule has 0 aliphatic carbocycles. The zero-order valence-electron chi connectivity index (χ0n) is 45.0. The molecule has 6 aromatic heterocycles. The molecule has 0 amide bonds. The van der Waals surface area contributed by atoms with Gasteiger partial charge in [0.1, 0.15) is 11.6 Å². The van der Waals surface area contributed by atoms with Crippen molar-refractivity contribution in [2.75, 3.05) is 63.5 Å². The Morgan fingerprint density at radius 2 is 1.17 bits per heavy atom. The number of fused-ring (bicyclic) bond motifs is 2. The quantitative estimate of drug-likeness (QED) is 0.0849. The Kier molecular flexibility index (Phi) is 15.4. The number of aromatic nitrogens is 10. The van der Waals surface area contributed by atoms with E-state index < -0.39 is 24.3 Å². The van der Waals surface area contributed by atoms with Crippen LogP contribution in [0.25, 0.3) is 56.0 Å². The number of nitrogens with one attached hydrogen (secondary N) is 2. The van der Waals surface area contributed by atoms with Crippen LogP contribution in [-0.2, 0) is 42.4 Å². The van der Waals surface area contributed by atoms with Crippen LogP contribution in [0.4, 0.5) is 11.6 Å². The fourth-order valence-electron chi connectivity index (χ4n) is 9.65. The monoisotopic (exact) mass is 1050 g/mol. The van der Waals surface area contributed by atoms with Gasteiger partial charge in [0.05, 0.1) is 110 Å². The highest BCUT2D eigenvalue weighted by atomic mass is 35.5. The number of hydrogen-bond donors (Lipinski definition) is 2. The SMILES string of the molecule is COC(=O)c1cc(-c2nc(-c3c(C)cnn3C)cc(N3CCOC[C@H]3C)n2)c2cc[nH]c2c1.COC(=O)c1cc(B2OC(C)(C)C(C)(C)O2)c2cc[nH]c2c1.Cc1cnn(C)c1-c1cc(N2CCOC[C@H]2C)nc(Cl)n1. The van der Waals surface area contributed by atoms with E-state index in [1.807, 2.05) is 109 Å². The predicted molar refractivity (Wildman–Crippen MR) is 292 cm³/mol. The van der Waals surface area contributed by atoms with Crippen molar-refractivity contribution < 1.29 is 37.8 Å². The molecule has 3 saturated heterocycles. The first-order chi connectivity index (χ1) is 36.3. The number of rotatable bonds is 8. The maximum absolute atomic E-state index is 12.4. The highest BCUT2D eigenvalue weighted by molar-refractivity contribution is 6.65. The normalized spacial score (nSPS) is 18.0. The third-order valence-electron chi connectivity index (χ3n) is 14.4. The fourth-order valence-corrected chi connectivity index (χ4v) is 9.82. The third kappa shape index (κ3) is 10.8. The minimum absolute atomic E-state index is 0.177. The van der Waals surface area contributed by atoms with Crippen molar-refractivity contribution in [1.29, 1.82) is 0 Å². The van der Waals surface area contributed by atoms with Crippen molar-refractivity contribution >= 4 is 69.6 Å². The zero-order chi connectivity index (χ0) is 54.2. The van der Waals surface area contributed by atoms with E-state index in [4.69, 9.17) is 49.8 Å². The van der Waals surface area contributed by atoms with E-state index in [1.54, 1.807) is 28.9 Å². The molecule has 76 heavy (non-hydrogen) atoms. The maximum atomic E-state index is 12.4. The van der Waals surface area contributed by atoms with Crippen LogP contribution >= 0.6 is 11.6 Å². The van der Waals surface area contributed by atoms with E-state index in [2.05, 4.69) is 53.8 Å². The summed E-state index contributed by atoms with van der Waals surface area (Å²) in [6.07, 6.45) is 7.33. The van der Waals surface area contributed by atoms with Crippen LogP contribution in [0.15, 0.2) is 73.3 Å². The number of esters is 2. The Morgan fingerprint density at radius 3 is 1.67 bits per heavy atom. The van der Waals surface area contributed by atoms with E-state index in [9.17, 15) is 9.59 Å². The molecule has 0 unspecified atom stereocenters. The van der Waals surface area contributed by atoms with Crippen LogP contribution in [0, 0.1) is 13.8 Å². The number of aromatic amines is 2. The molecule has 0 spiro atoms. The number of hydrogen-bond acceptors (Lipinski definition) is 16. The summed E-state index contributed by atoms with van der Waals surface area (Å²) >= 11 is 6.13. The van der Waals surface area contributed by atoms with Crippen LogP contribution in [0.3, 0.4) is 0 Å². The minimum Gasteiger partial charge on any atom is -0.465 e. The van der Waals surface area contributed by atoms with Crippen LogP contribution in [0.5, 0.6) is 0 Å². The van der Waals surface area contributed by atoms with Gasteiger partial charge in [0.25, 0.3) is 0 Å². The smallest absolute Gasteiger partial charge is 0.465 e. The Bertz CT molecular complexity index is 3370. The molecule has 2 aromatic carbocycles. The Labute approximate surface area is 446 Å². The molecule has 0 bridgehead atoms. The van der Waals surface area contributed by atoms with Crippen molar-refractivity contribution in [3.8, 4) is 34.2 Å². The van der Waals surface area contributed by atoms with E-state index in [-0.39, 0.29) is 23.3 Å². The number of H-pyrrole nitrogens is 2. The van der Waals surface area contributed by atoms with Crippen LogP contribution in [0.2, 0.25) is 5.28 Å².